The second-order valence-corrected chi connectivity index (χ2v) is 5.66. The van der Waals surface area contributed by atoms with E-state index in [1.165, 1.54) is 11.6 Å². The van der Waals surface area contributed by atoms with Gasteiger partial charge in [-0.2, -0.15) is 0 Å². The van der Waals surface area contributed by atoms with Crippen LogP contribution < -0.4 is 11.1 Å². The summed E-state index contributed by atoms with van der Waals surface area (Å²) >= 11 is 0. The summed E-state index contributed by atoms with van der Waals surface area (Å²) in [5, 5.41) is 14.6. The van der Waals surface area contributed by atoms with E-state index in [9.17, 15) is 10.1 Å². The number of nitrogens with one attached hydrogen (secondary N) is 1. The molecule has 0 atom stereocenters. The summed E-state index contributed by atoms with van der Waals surface area (Å²) in [4.78, 5) is 18.9. The van der Waals surface area contributed by atoms with Gasteiger partial charge in [-0.15, -0.1) is 0 Å². The average Bonchev–Trinajstić information content (AvgIpc) is 2.62. The smallest absolute Gasteiger partial charge is 0.292 e. The number of hydrogen-bond donors (Lipinski definition) is 2. The average molecular weight is 335 g/mol. The third kappa shape index (κ3) is 3.89. The number of aryl methyl sites for hydroxylation is 1. The first kappa shape index (κ1) is 16.4. The molecular weight excluding hydrogens is 318 g/mol. The number of nitrogens with two attached hydrogens (primary N) is 1. The Balaban J connectivity index is 1.85. The summed E-state index contributed by atoms with van der Waals surface area (Å²) in [6.07, 6.45) is 3.08. The highest BCUT2D eigenvalue weighted by Crippen LogP contribution is 2.30. The van der Waals surface area contributed by atoms with Crippen LogP contribution in [-0.2, 0) is 6.54 Å². The van der Waals surface area contributed by atoms with Crippen molar-refractivity contribution in [3.63, 3.8) is 0 Å². The predicted octanol–water partition coefficient (Wildman–Crippen LogP) is 3.55. The van der Waals surface area contributed by atoms with E-state index in [1.54, 1.807) is 24.5 Å². The Hall–Kier alpha value is -3.48. The molecule has 3 N–H and O–H groups in total. The van der Waals surface area contributed by atoms with Crippen LogP contribution in [0.5, 0.6) is 0 Å². The highest BCUT2D eigenvalue weighted by Gasteiger charge is 2.15. The molecule has 0 fully saturated rings. The molecule has 0 aliphatic rings. The highest BCUT2D eigenvalue weighted by molar-refractivity contribution is 5.73. The molecule has 0 unspecified atom stereocenters. The van der Waals surface area contributed by atoms with Crippen LogP contribution in [0.3, 0.4) is 0 Å². The van der Waals surface area contributed by atoms with Crippen LogP contribution in [0.15, 0.2) is 54.9 Å². The van der Waals surface area contributed by atoms with E-state index < -0.39 is 4.92 Å². The number of anilines is 2. The normalized spacial score (nSPS) is 10.4. The fourth-order valence-electron chi connectivity index (χ4n) is 2.40. The predicted molar refractivity (Wildman–Crippen MR) is 97.0 cm³/mol. The molecule has 2 aromatic carbocycles. The van der Waals surface area contributed by atoms with Crippen LogP contribution in [0.2, 0.25) is 0 Å². The number of nitrogens with zero attached hydrogens (tertiary/aromatic N) is 3. The van der Waals surface area contributed by atoms with Crippen molar-refractivity contribution in [1.29, 1.82) is 0 Å². The Morgan fingerprint density at radius 1 is 1.08 bits per heavy atom. The maximum Gasteiger partial charge on any atom is 0.292 e. The van der Waals surface area contributed by atoms with Gasteiger partial charge in [-0.25, -0.2) is 9.97 Å². The second kappa shape index (κ2) is 6.96. The van der Waals surface area contributed by atoms with Gasteiger partial charge in [-0.1, -0.05) is 35.9 Å². The summed E-state index contributed by atoms with van der Waals surface area (Å²) in [7, 11) is 0. The first-order valence-electron chi connectivity index (χ1n) is 7.68. The summed E-state index contributed by atoms with van der Waals surface area (Å²) in [6.45, 7) is 2.52. The Bertz CT molecular complexity index is 892. The van der Waals surface area contributed by atoms with Crippen molar-refractivity contribution in [1.82, 2.24) is 9.97 Å². The van der Waals surface area contributed by atoms with Gasteiger partial charge in [0.15, 0.2) is 0 Å². The molecule has 0 saturated heterocycles. The van der Waals surface area contributed by atoms with Crippen molar-refractivity contribution in [2.75, 3.05) is 11.1 Å². The molecule has 0 saturated carbocycles. The zero-order chi connectivity index (χ0) is 17.8. The first-order valence-corrected chi connectivity index (χ1v) is 7.68. The van der Waals surface area contributed by atoms with Crippen LogP contribution in [-0.4, -0.2) is 14.9 Å². The third-order valence-corrected chi connectivity index (χ3v) is 3.80. The topological polar surface area (TPSA) is 107 Å². The van der Waals surface area contributed by atoms with E-state index in [-0.39, 0.29) is 11.6 Å². The van der Waals surface area contributed by atoms with E-state index in [1.807, 2.05) is 31.2 Å². The molecule has 1 heterocycles. The Labute approximate surface area is 144 Å². The van der Waals surface area contributed by atoms with E-state index >= 15 is 0 Å². The van der Waals surface area contributed by atoms with Gasteiger partial charge in [0, 0.05) is 30.6 Å². The minimum absolute atomic E-state index is 0.00133. The van der Waals surface area contributed by atoms with E-state index in [0.29, 0.717) is 23.4 Å². The fourth-order valence-corrected chi connectivity index (χ4v) is 2.40. The first-order chi connectivity index (χ1) is 12.0. The standard InChI is InChI=1S/C18H17N5O2/c1-12-2-4-13(5-3-12)9-20-16-7-6-14(8-17(16)23(24)25)15-10-21-18(19)22-11-15/h2-8,10-11,20H,9H2,1H3,(H2,19,21,22). The van der Waals surface area contributed by atoms with Crippen molar-refractivity contribution < 1.29 is 4.92 Å². The van der Waals surface area contributed by atoms with Gasteiger partial charge in [-0.3, -0.25) is 10.1 Å². The number of nitrogen functional groups attached to an aromatic ring is 1. The minimum Gasteiger partial charge on any atom is -0.375 e. The summed E-state index contributed by atoms with van der Waals surface area (Å²) in [5.41, 5.74) is 9.49. The van der Waals surface area contributed by atoms with Gasteiger partial charge < -0.3 is 11.1 Å². The molecule has 0 radical (unpaired) electrons. The molecule has 0 aliphatic heterocycles. The lowest BCUT2D eigenvalue weighted by Crippen LogP contribution is -2.03. The molecule has 7 heteroatoms. The van der Waals surface area contributed by atoms with Crippen LogP contribution in [0, 0.1) is 17.0 Å². The van der Waals surface area contributed by atoms with E-state index in [0.717, 1.165) is 5.56 Å². The Morgan fingerprint density at radius 2 is 1.76 bits per heavy atom. The van der Waals surface area contributed by atoms with Gasteiger partial charge in [0.1, 0.15) is 5.69 Å². The summed E-state index contributed by atoms with van der Waals surface area (Å²) in [6, 6.07) is 13.0. The SMILES string of the molecule is Cc1ccc(CNc2ccc(-c3cnc(N)nc3)cc2[N+](=O)[O-])cc1. The number of benzene rings is 2. The monoisotopic (exact) mass is 335 g/mol. The van der Waals surface area contributed by atoms with Gasteiger partial charge >= 0.3 is 0 Å². The van der Waals surface area contributed by atoms with Gasteiger partial charge in [0.25, 0.3) is 5.69 Å². The molecule has 0 spiro atoms. The molecule has 0 bridgehead atoms. The fraction of sp³-hybridized carbons (Fsp3) is 0.111. The lowest BCUT2D eigenvalue weighted by molar-refractivity contribution is -0.383. The molecule has 3 aromatic rings. The van der Waals surface area contributed by atoms with Crippen molar-refractivity contribution in [3.05, 3.63) is 76.1 Å². The maximum absolute atomic E-state index is 11.4. The highest BCUT2D eigenvalue weighted by atomic mass is 16.6. The van der Waals surface area contributed by atoms with Gasteiger partial charge in [0.2, 0.25) is 5.95 Å². The Kier molecular flexibility index (Phi) is 4.56. The molecular formula is C18H17N5O2. The largest absolute Gasteiger partial charge is 0.375 e. The molecule has 0 aliphatic carbocycles. The Morgan fingerprint density at radius 3 is 2.40 bits per heavy atom. The number of aromatic nitrogens is 2. The van der Waals surface area contributed by atoms with Crippen molar-refractivity contribution in [3.8, 4) is 11.1 Å². The van der Waals surface area contributed by atoms with Crippen LogP contribution in [0.25, 0.3) is 11.1 Å². The summed E-state index contributed by atoms with van der Waals surface area (Å²) in [5.74, 6) is 0.162. The number of hydrogen-bond acceptors (Lipinski definition) is 6. The third-order valence-electron chi connectivity index (χ3n) is 3.80. The van der Waals surface area contributed by atoms with E-state index in [2.05, 4.69) is 15.3 Å². The molecule has 3 rings (SSSR count). The lowest BCUT2D eigenvalue weighted by atomic mass is 10.1. The van der Waals surface area contributed by atoms with Crippen LogP contribution in [0.1, 0.15) is 11.1 Å². The van der Waals surface area contributed by atoms with Gasteiger partial charge in [-0.05, 0) is 24.1 Å². The number of rotatable bonds is 5. The zero-order valence-electron chi connectivity index (χ0n) is 13.6. The number of nitro benzene ring substituents is 1. The molecule has 0 amide bonds. The lowest BCUT2D eigenvalue weighted by Gasteiger charge is -2.09. The van der Waals surface area contributed by atoms with Crippen molar-refractivity contribution >= 4 is 17.3 Å². The minimum atomic E-state index is -0.404. The molecule has 1 aromatic heterocycles. The van der Waals surface area contributed by atoms with Crippen molar-refractivity contribution in [2.45, 2.75) is 13.5 Å². The molecule has 126 valence electrons. The van der Waals surface area contributed by atoms with Crippen LogP contribution in [0.4, 0.5) is 17.3 Å². The zero-order valence-corrected chi connectivity index (χ0v) is 13.6. The quantitative estimate of drug-likeness (QED) is 0.545. The molecule has 7 nitrogen and oxygen atoms in total. The van der Waals surface area contributed by atoms with Crippen molar-refractivity contribution in [2.24, 2.45) is 0 Å². The van der Waals surface area contributed by atoms with Gasteiger partial charge in [0.05, 0.1) is 4.92 Å². The maximum atomic E-state index is 11.4. The number of nitro groups is 1. The molecule has 25 heavy (non-hydrogen) atoms. The van der Waals surface area contributed by atoms with Crippen LogP contribution >= 0.6 is 0 Å². The second-order valence-electron chi connectivity index (χ2n) is 5.66. The van der Waals surface area contributed by atoms with E-state index in [4.69, 9.17) is 5.73 Å². The summed E-state index contributed by atoms with van der Waals surface area (Å²) < 4.78 is 0.